The van der Waals surface area contributed by atoms with E-state index < -0.39 is 0 Å². The number of aromatic nitrogens is 2. The Hall–Kier alpha value is -0.400. The normalized spacial score (nSPS) is 15.6. The molecule has 3 rings (SSSR count). The van der Waals surface area contributed by atoms with E-state index >= 15 is 0 Å². The largest absolute Gasteiger partial charge is 0.383 e. The summed E-state index contributed by atoms with van der Waals surface area (Å²) in [5, 5.41) is 0.681. The summed E-state index contributed by atoms with van der Waals surface area (Å²) in [5.74, 6) is 1.73. The van der Waals surface area contributed by atoms with Crippen LogP contribution in [0.25, 0.3) is 11.4 Å². The van der Waals surface area contributed by atoms with Gasteiger partial charge in [-0.1, -0.05) is 24.4 Å². The lowest BCUT2D eigenvalue weighted by Gasteiger charge is -2.14. The fourth-order valence-electron chi connectivity index (χ4n) is 2.74. The van der Waals surface area contributed by atoms with Gasteiger partial charge in [-0.25, -0.2) is 9.97 Å². The van der Waals surface area contributed by atoms with Crippen molar-refractivity contribution in [3.05, 3.63) is 37.0 Å². The average molecular weight is 479 g/mol. The summed E-state index contributed by atoms with van der Waals surface area (Å²) in [5.41, 5.74) is 8.12. The second-order valence-electron chi connectivity index (χ2n) is 5.24. The van der Waals surface area contributed by atoms with E-state index in [1.54, 1.807) is 0 Å². The first-order valence-electron chi connectivity index (χ1n) is 6.84. The van der Waals surface area contributed by atoms with Gasteiger partial charge in [-0.15, -0.1) is 0 Å². The van der Waals surface area contributed by atoms with E-state index in [0.29, 0.717) is 22.6 Å². The van der Waals surface area contributed by atoms with Gasteiger partial charge in [0.2, 0.25) is 0 Å². The Labute approximate surface area is 151 Å². The van der Waals surface area contributed by atoms with Crippen molar-refractivity contribution in [1.29, 1.82) is 0 Å². The summed E-state index contributed by atoms with van der Waals surface area (Å²) in [4.78, 5) is 9.26. The van der Waals surface area contributed by atoms with Crippen LogP contribution < -0.4 is 5.73 Å². The number of hydrogen-bond acceptors (Lipinski definition) is 3. The molecule has 1 aliphatic carbocycles. The Kier molecular flexibility index (Phi) is 4.71. The van der Waals surface area contributed by atoms with Gasteiger partial charge in [0, 0.05) is 21.0 Å². The van der Waals surface area contributed by atoms with Crippen LogP contribution in [0.4, 0.5) is 5.82 Å². The van der Waals surface area contributed by atoms with Crippen molar-refractivity contribution in [3.8, 4) is 11.4 Å². The van der Waals surface area contributed by atoms with Gasteiger partial charge >= 0.3 is 0 Å². The minimum atomic E-state index is 0.507. The van der Waals surface area contributed by atoms with Crippen LogP contribution in [0, 0.1) is 3.57 Å². The van der Waals surface area contributed by atoms with Gasteiger partial charge < -0.3 is 5.73 Å². The van der Waals surface area contributed by atoms with Crippen LogP contribution in [0.1, 0.15) is 37.3 Å². The van der Waals surface area contributed by atoms with E-state index in [1.165, 1.54) is 25.7 Å². The highest BCUT2D eigenvalue weighted by Crippen LogP contribution is 2.38. The number of nitrogens with zero attached hydrogens (tertiary/aromatic N) is 2. The Balaban J connectivity index is 2.10. The first-order chi connectivity index (χ1) is 10.1. The molecule has 0 aliphatic heterocycles. The molecule has 2 N–H and O–H groups in total. The van der Waals surface area contributed by atoms with Crippen LogP contribution in [-0.4, -0.2) is 9.97 Å². The van der Waals surface area contributed by atoms with Gasteiger partial charge in [0.1, 0.15) is 5.82 Å². The molecule has 21 heavy (non-hydrogen) atoms. The summed E-state index contributed by atoms with van der Waals surface area (Å²) in [7, 11) is 0. The first kappa shape index (κ1) is 15.5. The van der Waals surface area contributed by atoms with Gasteiger partial charge in [0.25, 0.3) is 0 Å². The maximum Gasteiger partial charge on any atom is 0.162 e. The first-order valence-corrected chi connectivity index (χ1v) is 9.09. The Morgan fingerprint density at radius 1 is 1.24 bits per heavy atom. The van der Waals surface area contributed by atoms with Crippen molar-refractivity contribution >= 4 is 55.9 Å². The monoisotopic (exact) mass is 477 g/mol. The molecule has 0 bridgehead atoms. The molecule has 1 aromatic heterocycles. The molecule has 3 nitrogen and oxygen atoms in total. The third kappa shape index (κ3) is 3.19. The zero-order valence-corrected chi connectivity index (χ0v) is 15.7. The van der Waals surface area contributed by atoms with Crippen LogP contribution in [0.15, 0.2) is 22.7 Å². The summed E-state index contributed by atoms with van der Waals surface area (Å²) in [6.07, 6.45) is 4.91. The summed E-state index contributed by atoms with van der Waals surface area (Å²) >= 11 is 11.8. The zero-order valence-electron chi connectivity index (χ0n) is 11.2. The lowest BCUT2D eigenvalue weighted by Crippen LogP contribution is -2.08. The highest BCUT2D eigenvalue weighted by Gasteiger charge is 2.23. The van der Waals surface area contributed by atoms with Crippen molar-refractivity contribution in [3.63, 3.8) is 0 Å². The van der Waals surface area contributed by atoms with Gasteiger partial charge in [-0.3, -0.25) is 0 Å². The molecule has 2 aromatic rings. The fourth-order valence-corrected chi connectivity index (χ4v) is 4.29. The van der Waals surface area contributed by atoms with Crippen molar-refractivity contribution in [2.45, 2.75) is 31.6 Å². The lowest BCUT2D eigenvalue weighted by molar-refractivity contribution is 0.691. The minimum Gasteiger partial charge on any atom is -0.383 e. The van der Waals surface area contributed by atoms with Crippen LogP contribution in [0.2, 0.25) is 5.02 Å². The maximum atomic E-state index is 6.11. The maximum absolute atomic E-state index is 6.11. The Morgan fingerprint density at radius 2 is 1.95 bits per heavy atom. The molecule has 110 valence electrons. The average Bonchev–Trinajstić information content (AvgIpc) is 2.96. The predicted octanol–water partition coefficient (Wildman–Crippen LogP) is 5.40. The molecular formula is C15H14BrClIN3. The van der Waals surface area contributed by atoms with Crippen molar-refractivity contribution < 1.29 is 0 Å². The molecule has 1 saturated carbocycles. The van der Waals surface area contributed by atoms with Gasteiger partial charge in [-0.05, 0) is 69.6 Å². The standard InChI is InChI=1S/C15H14BrClIN3/c16-11-7-9(17)5-6-10(11)15-20-13(8-3-1-2-4-8)12(18)14(19)21-15/h5-8H,1-4H2,(H2,19,20,21). The minimum absolute atomic E-state index is 0.507. The third-order valence-electron chi connectivity index (χ3n) is 3.82. The van der Waals surface area contributed by atoms with Crippen molar-refractivity contribution in [2.75, 3.05) is 5.73 Å². The van der Waals surface area contributed by atoms with E-state index in [0.717, 1.165) is 19.3 Å². The molecule has 0 saturated heterocycles. The van der Waals surface area contributed by atoms with E-state index in [2.05, 4.69) is 43.5 Å². The zero-order chi connectivity index (χ0) is 15.0. The molecule has 6 heteroatoms. The van der Waals surface area contributed by atoms with Gasteiger partial charge in [0.15, 0.2) is 5.82 Å². The SMILES string of the molecule is Nc1nc(-c2ccc(Cl)cc2Br)nc(C2CCCC2)c1I. The number of rotatable bonds is 2. The van der Waals surface area contributed by atoms with Crippen LogP contribution in [-0.2, 0) is 0 Å². The Morgan fingerprint density at radius 3 is 2.62 bits per heavy atom. The molecular weight excluding hydrogens is 464 g/mol. The second kappa shape index (κ2) is 6.38. The quantitative estimate of drug-likeness (QED) is 0.588. The van der Waals surface area contributed by atoms with Gasteiger partial charge in [-0.2, -0.15) is 0 Å². The molecule has 1 aliphatic rings. The number of benzene rings is 1. The van der Waals surface area contributed by atoms with Crippen LogP contribution in [0.5, 0.6) is 0 Å². The smallest absolute Gasteiger partial charge is 0.162 e. The third-order valence-corrected chi connectivity index (χ3v) is 5.81. The lowest BCUT2D eigenvalue weighted by atomic mass is 10.0. The van der Waals surface area contributed by atoms with E-state index in [1.807, 2.05) is 18.2 Å². The number of halogens is 3. The van der Waals surface area contributed by atoms with Crippen LogP contribution >= 0.6 is 50.1 Å². The molecule has 0 radical (unpaired) electrons. The fraction of sp³-hybridized carbons (Fsp3) is 0.333. The Bertz CT molecular complexity index is 687. The molecule has 0 amide bonds. The van der Waals surface area contributed by atoms with E-state index in [-0.39, 0.29) is 0 Å². The molecule has 1 aromatic carbocycles. The number of anilines is 1. The topological polar surface area (TPSA) is 51.8 Å². The molecule has 0 unspecified atom stereocenters. The molecule has 1 fully saturated rings. The second-order valence-corrected chi connectivity index (χ2v) is 7.61. The number of nitrogen functional groups attached to an aromatic ring is 1. The van der Waals surface area contributed by atoms with Gasteiger partial charge in [0.05, 0.1) is 9.26 Å². The highest BCUT2D eigenvalue weighted by molar-refractivity contribution is 14.1. The van der Waals surface area contributed by atoms with E-state index in [4.69, 9.17) is 22.3 Å². The van der Waals surface area contributed by atoms with Crippen molar-refractivity contribution in [1.82, 2.24) is 9.97 Å². The summed E-state index contributed by atoms with van der Waals surface area (Å²) < 4.78 is 1.88. The number of nitrogens with two attached hydrogens (primary N) is 1. The van der Waals surface area contributed by atoms with Crippen LogP contribution in [0.3, 0.4) is 0 Å². The van der Waals surface area contributed by atoms with E-state index in [9.17, 15) is 0 Å². The van der Waals surface area contributed by atoms with Crippen molar-refractivity contribution in [2.24, 2.45) is 0 Å². The highest BCUT2D eigenvalue weighted by atomic mass is 127. The summed E-state index contributed by atoms with van der Waals surface area (Å²) in [6, 6.07) is 5.62. The molecule has 0 spiro atoms. The number of hydrogen-bond donors (Lipinski definition) is 1. The summed E-state index contributed by atoms with van der Waals surface area (Å²) in [6.45, 7) is 0. The molecule has 0 atom stereocenters. The predicted molar refractivity (Wildman–Crippen MR) is 98.5 cm³/mol. The molecule has 1 heterocycles.